The molecule has 1 aliphatic heterocycles. The number of nitrogens with zero attached hydrogens (tertiary/aromatic N) is 5. The lowest BCUT2D eigenvalue weighted by Crippen LogP contribution is -2.68. The Labute approximate surface area is 335 Å². The van der Waals surface area contributed by atoms with Gasteiger partial charge in [-0.2, -0.15) is 13.5 Å². The quantitative estimate of drug-likeness (QED) is 0.0296. The lowest BCUT2D eigenvalue weighted by atomic mass is 9.74. The Bertz CT molecular complexity index is 2350. The van der Waals surface area contributed by atoms with Crippen LogP contribution < -0.4 is 23.7 Å². The molecular weight excluding hydrogens is 803 g/mol. The first-order valence-electron chi connectivity index (χ1n) is 17.1. The van der Waals surface area contributed by atoms with Crippen molar-refractivity contribution in [1.82, 2.24) is 15.0 Å². The second kappa shape index (κ2) is 17.2. The molecule has 3 aromatic heterocycles. The van der Waals surface area contributed by atoms with E-state index in [1.54, 1.807) is 56.2 Å². The van der Waals surface area contributed by atoms with E-state index in [-0.39, 0.29) is 41.8 Å². The van der Waals surface area contributed by atoms with Gasteiger partial charge in [-0.3, -0.25) is 19.3 Å². The van der Waals surface area contributed by atoms with Gasteiger partial charge in [0.25, 0.3) is 23.9 Å². The maximum absolute atomic E-state index is 13.9. The van der Waals surface area contributed by atoms with Crippen LogP contribution in [0, 0.1) is 12.8 Å². The van der Waals surface area contributed by atoms with Crippen molar-refractivity contribution in [1.29, 1.82) is 0 Å². The fourth-order valence-electron chi connectivity index (χ4n) is 5.76. The van der Waals surface area contributed by atoms with Gasteiger partial charge in [0, 0.05) is 28.1 Å². The fourth-order valence-corrected chi connectivity index (χ4v) is 7.48. The zero-order valence-corrected chi connectivity index (χ0v) is 33.7. The number of thiazole rings is 2. The van der Waals surface area contributed by atoms with Gasteiger partial charge < -0.3 is 23.8 Å². The number of amides is 1. The van der Waals surface area contributed by atoms with Gasteiger partial charge in [0.2, 0.25) is 5.75 Å². The van der Waals surface area contributed by atoms with Crippen LogP contribution in [0.5, 0.6) is 23.0 Å². The molecule has 0 radical (unpaired) electrons. The summed E-state index contributed by atoms with van der Waals surface area (Å²) in [5.74, 6) is -0.734. The van der Waals surface area contributed by atoms with Crippen LogP contribution in [0.15, 0.2) is 82.9 Å². The van der Waals surface area contributed by atoms with Gasteiger partial charge in [0.05, 0.1) is 36.8 Å². The third-order valence-electron chi connectivity index (χ3n) is 8.88. The number of hydrogen-bond acceptors (Lipinski definition) is 16. The Kier molecular flexibility index (Phi) is 12.4. The number of Topliss-reactive ketones (excluding diaryl/α,β-unsaturated/α-hetero) is 1. The van der Waals surface area contributed by atoms with E-state index < -0.39 is 46.1 Å². The van der Waals surface area contributed by atoms with E-state index >= 15 is 0 Å². The van der Waals surface area contributed by atoms with Gasteiger partial charge in [-0.1, -0.05) is 29.4 Å². The summed E-state index contributed by atoms with van der Waals surface area (Å²) in [4.78, 5) is 41.7. The second-order valence-electron chi connectivity index (χ2n) is 13.1. The van der Waals surface area contributed by atoms with Crippen LogP contribution in [0.2, 0.25) is 0 Å². The SMILES string of the molecule is COc1ccc(COc2cc(C(O/N=C(\C(=O)C[C@@H]3C(=O)N(OS(=O)(=O)O)C3(C)C)c3csc(C)n3)c3nccs3)[n+](O)cc2OCc2ccc(OC)cc2)cc1. The zero-order valence-electron chi connectivity index (χ0n) is 31.2. The Balaban J connectivity index is 1.33. The molecule has 1 fully saturated rings. The summed E-state index contributed by atoms with van der Waals surface area (Å²) in [5, 5.41) is 20.5. The second-order valence-corrected chi connectivity index (χ2v) is 16.1. The van der Waals surface area contributed by atoms with Crippen molar-refractivity contribution < 1.29 is 60.6 Å². The van der Waals surface area contributed by atoms with Crippen molar-refractivity contribution in [3.05, 3.63) is 110 Å². The number of carbonyl (C=O) groups is 2. The Morgan fingerprint density at radius 3 is 2.12 bits per heavy atom. The molecule has 0 aliphatic carbocycles. The molecule has 20 heteroatoms. The van der Waals surface area contributed by atoms with Gasteiger partial charge in [-0.15, -0.1) is 27.0 Å². The zero-order chi connectivity index (χ0) is 40.9. The average molecular weight is 841 g/mol. The number of rotatable bonds is 18. The maximum atomic E-state index is 13.9. The van der Waals surface area contributed by atoms with E-state index in [0.717, 1.165) is 15.9 Å². The number of pyridine rings is 1. The molecule has 17 nitrogen and oxygen atoms in total. The third kappa shape index (κ3) is 9.66. The molecule has 0 saturated carbocycles. The van der Waals surface area contributed by atoms with Crippen molar-refractivity contribution >= 4 is 50.5 Å². The van der Waals surface area contributed by atoms with Crippen LogP contribution in [-0.2, 0) is 42.3 Å². The highest BCUT2D eigenvalue weighted by Gasteiger charge is 2.57. The van der Waals surface area contributed by atoms with Crippen molar-refractivity contribution in [3.8, 4) is 23.0 Å². The molecule has 2 N–H and O–H groups in total. The smallest absolute Gasteiger partial charge is 0.418 e. The van der Waals surface area contributed by atoms with Crippen molar-refractivity contribution in [2.45, 2.75) is 52.0 Å². The third-order valence-corrected chi connectivity index (χ3v) is 10.8. The van der Waals surface area contributed by atoms with Crippen LogP contribution in [0.4, 0.5) is 0 Å². The first-order valence-corrected chi connectivity index (χ1v) is 20.2. The largest absolute Gasteiger partial charge is 0.497 e. The number of β-lactam (4-membered cyclic amide) rings is 1. The molecule has 0 spiro atoms. The molecule has 1 unspecified atom stereocenters. The minimum absolute atomic E-state index is 0.102. The number of oxime groups is 1. The normalized spacial score (nSPS) is 15.8. The number of hydroxylamine groups is 2. The van der Waals surface area contributed by atoms with Gasteiger partial charge in [-0.05, 0) is 56.2 Å². The highest BCUT2D eigenvalue weighted by molar-refractivity contribution is 7.80. The number of carbonyl (C=O) groups excluding carboxylic acids is 2. The molecule has 57 heavy (non-hydrogen) atoms. The Hall–Kier alpha value is -5.67. The number of aromatic nitrogens is 3. The van der Waals surface area contributed by atoms with E-state index in [1.165, 1.54) is 55.0 Å². The summed E-state index contributed by atoms with van der Waals surface area (Å²) in [6.07, 6.45) is 1.21. The Morgan fingerprint density at radius 1 is 1.00 bits per heavy atom. The van der Waals surface area contributed by atoms with Crippen LogP contribution in [0.1, 0.15) is 58.9 Å². The molecular formula is C37H38N5O12S3+. The number of hydrogen-bond donors (Lipinski definition) is 2. The summed E-state index contributed by atoms with van der Waals surface area (Å²) in [5.41, 5.74) is 0.377. The molecule has 2 atom stereocenters. The van der Waals surface area contributed by atoms with Gasteiger partial charge in [0.15, 0.2) is 17.2 Å². The highest BCUT2D eigenvalue weighted by atomic mass is 32.3. The van der Waals surface area contributed by atoms with Gasteiger partial charge >= 0.3 is 10.4 Å². The minimum atomic E-state index is -5.00. The first kappa shape index (κ1) is 41.0. The molecule has 1 amide bonds. The topological polar surface area (TPSA) is 209 Å². The molecule has 1 aliphatic rings. The van der Waals surface area contributed by atoms with E-state index in [4.69, 9.17) is 28.3 Å². The van der Waals surface area contributed by atoms with E-state index in [2.05, 4.69) is 19.4 Å². The predicted octanol–water partition coefficient (Wildman–Crippen LogP) is 5.05. The molecule has 4 heterocycles. The summed E-state index contributed by atoms with van der Waals surface area (Å²) in [7, 11) is -1.85. The van der Waals surface area contributed by atoms with Crippen LogP contribution >= 0.6 is 22.7 Å². The number of benzene rings is 2. The van der Waals surface area contributed by atoms with Gasteiger partial charge in [0.1, 0.15) is 35.4 Å². The monoisotopic (exact) mass is 840 g/mol. The lowest BCUT2D eigenvalue weighted by Gasteiger charge is -2.50. The molecule has 6 rings (SSSR count). The molecule has 2 aromatic carbocycles. The summed E-state index contributed by atoms with van der Waals surface area (Å²) in [6, 6.07) is 16.1. The fraction of sp³-hybridized carbons (Fsp3) is 0.297. The number of ether oxygens (including phenoxy) is 4. The molecule has 5 aromatic rings. The number of ketones is 1. The summed E-state index contributed by atoms with van der Waals surface area (Å²) < 4.78 is 60.0. The minimum Gasteiger partial charge on any atom is -0.497 e. The van der Waals surface area contributed by atoms with E-state index in [0.29, 0.717) is 26.6 Å². The maximum Gasteiger partial charge on any atom is 0.418 e. The van der Waals surface area contributed by atoms with Gasteiger partial charge in [-0.25, -0.2) is 9.97 Å². The van der Waals surface area contributed by atoms with Crippen molar-refractivity contribution in [2.75, 3.05) is 14.2 Å². The van der Waals surface area contributed by atoms with Crippen molar-refractivity contribution in [3.63, 3.8) is 0 Å². The Morgan fingerprint density at radius 2 is 1.61 bits per heavy atom. The molecule has 1 saturated heterocycles. The number of aryl methyl sites for hydroxylation is 1. The first-order chi connectivity index (χ1) is 27.2. The summed E-state index contributed by atoms with van der Waals surface area (Å²) >= 11 is 2.45. The van der Waals surface area contributed by atoms with E-state index in [9.17, 15) is 23.2 Å². The number of methoxy groups -OCH3 is 2. The molecule has 300 valence electrons. The van der Waals surface area contributed by atoms with Crippen molar-refractivity contribution in [2.24, 2.45) is 11.1 Å². The average Bonchev–Trinajstić information content (AvgIpc) is 3.89. The van der Waals surface area contributed by atoms with Crippen LogP contribution in [0.3, 0.4) is 0 Å². The predicted molar refractivity (Wildman–Crippen MR) is 204 cm³/mol. The standard InChI is InChI=1S/C37H37N5O12S3/c1-22-39-28(21-56-22)33(30(43)16-27-36(44)42(37(27,2)3)54-57(46,47)48)40-53-34(35-38-14-15-55-35)29-17-31(51-19-23-6-10-25(49-4)11-7-23)32(18-41(29)45)52-20-24-8-12-26(50-5)13-9-24/h6-15,17-18,21,27,34H,16,19-20H2,1-5H3,(H-,45,46,47,48)/p+1/b40-33-/t27-,34?/m1/s1. The van der Waals surface area contributed by atoms with Crippen LogP contribution in [0.25, 0.3) is 0 Å². The van der Waals surface area contributed by atoms with E-state index in [1.807, 2.05) is 24.3 Å². The summed E-state index contributed by atoms with van der Waals surface area (Å²) in [6.45, 7) is 4.93. The molecule has 0 bridgehead atoms. The highest BCUT2D eigenvalue weighted by Crippen LogP contribution is 2.41. The van der Waals surface area contributed by atoms with Crippen LogP contribution in [-0.4, -0.2) is 70.4 Å². The lowest BCUT2D eigenvalue weighted by molar-refractivity contribution is -0.911.